The van der Waals surface area contributed by atoms with Crippen LogP contribution in [0.15, 0.2) is 47.4 Å². The highest BCUT2D eigenvalue weighted by Gasteiger charge is 2.24. The molecule has 30 heavy (non-hydrogen) atoms. The molecule has 1 saturated heterocycles. The average Bonchev–Trinajstić information content (AvgIpc) is 3.17. The maximum atomic E-state index is 13.1. The van der Waals surface area contributed by atoms with Crippen molar-refractivity contribution >= 4 is 33.2 Å². The van der Waals surface area contributed by atoms with Gasteiger partial charge in [-0.05, 0) is 75.2 Å². The van der Waals surface area contributed by atoms with Crippen LogP contribution in [0, 0.1) is 11.7 Å². The molecule has 2 aromatic carbocycles. The van der Waals surface area contributed by atoms with Gasteiger partial charge in [0.15, 0.2) is 0 Å². The van der Waals surface area contributed by atoms with E-state index in [9.17, 15) is 17.6 Å². The summed E-state index contributed by atoms with van der Waals surface area (Å²) in [6, 6.07) is 9.32. The van der Waals surface area contributed by atoms with Gasteiger partial charge in [0.1, 0.15) is 5.82 Å². The molecule has 1 aliphatic rings. The summed E-state index contributed by atoms with van der Waals surface area (Å²) >= 11 is 6.12. The molecule has 0 spiro atoms. The first-order valence-corrected chi connectivity index (χ1v) is 11.6. The number of benzene rings is 2. The summed E-state index contributed by atoms with van der Waals surface area (Å²) in [5.41, 5.74) is 0.385. The van der Waals surface area contributed by atoms with E-state index in [0.29, 0.717) is 24.1 Å². The highest BCUT2D eigenvalue weighted by Crippen LogP contribution is 2.26. The number of likely N-dealkylation sites (tertiary alicyclic amines) is 1. The summed E-state index contributed by atoms with van der Waals surface area (Å²) in [7, 11) is -3.97. The van der Waals surface area contributed by atoms with Crippen LogP contribution < -0.4 is 10.0 Å². The van der Waals surface area contributed by atoms with E-state index in [1.807, 2.05) is 0 Å². The zero-order chi connectivity index (χ0) is 21.9. The summed E-state index contributed by atoms with van der Waals surface area (Å²) in [6.07, 6.45) is 1.03. The van der Waals surface area contributed by atoms with Gasteiger partial charge >= 0.3 is 0 Å². The van der Waals surface area contributed by atoms with Crippen LogP contribution in [0.5, 0.6) is 0 Å². The number of anilines is 1. The Bertz CT molecular complexity index is 1010. The molecule has 0 radical (unpaired) electrons. The number of nitrogens with zero attached hydrogens (tertiary/aromatic N) is 1. The first kappa shape index (κ1) is 22.5. The zero-order valence-electron chi connectivity index (χ0n) is 16.9. The number of sulfonamides is 1. The Balaban J connectivity index is 1.67. The molecule has 0 saturated carbocycles. The van der Waals surface area contributed by atoms with Crippen molar-refractivity contribution in [2.24, 2.45) is 5.92 Å². The first-order valence-electron chi connectivity index (χ1n) is 9.76. The van der Waals surface area contributed by atoms with Gasteiger partial charge in [0, 0.05) is 24.7 Å². The summed E-state index contributed by atoms with van der Waals surface area (Å²) < 4.78 is 40.5. The minimum atomic E-state index is -3.97. The Morgan fingerprint density at radius 3 is 2.57 bits per heavy atom. The minimum absolute atomic E-state index is 0.0838. The van der Waals surface area contributed by atoms with Crippen molar-refractivity contribution in [2.75, 3.05) is 24.4 Å². The van der Waals surface area contributed by atoms with E-state index in [2.05, 4.69) is 28.8 Å². The fourth-order valence-corrected chi connectivity index (χ4v) is 4.69. The van der Waals surface area contributed by atoms with Crippen LogP contribution in [-0.4, -0.2) is 44.9 Å². The molecule has 2 aromatic rings. The zero-order valence-corrected chi connectivity index (χ0v) is 18.4. The third-order valence-electron chi connectivity index (χ3n) is 5.20. The maximum Gasteiger partial charge on any atom is 0.261 e. The van der Waals surface area contributed by atoms with E-state index in [1.165, 1.54) is 12.1 Å². The Hall–Kier alpha value is -2.16. The normalized spacial score (nSPS) is 17.3. The quantitative estimate of drug-likeness (QED) is 0.669. The van der Waals surface area contributed by atoms with Crippen LogP contribution in [0.25, 0.3) is 0 Å². The van der Waals surface area contributed by atoms with E-state index in [0.717, 1.165) is 43.8 Å². The number of hydrogen-bond acceptors (Lipinski definition) is 4. The largest absolute Gasteiger partial charge is 0.352 e. The number of rotatable bonds is 7. The smallest absolute Gasteiger partial charge is 0.261 e. The molecule has 1 aliphatic heterocycles. The van der Waals surface area contributed by atoms with Crippen LogP contribution in [0.3, 0.4) is 0 Å². The molecule has 3 rings (SSSR count). The Labute approximate surface area is 181 Å². The lowest BCUT2D eigenvalue weighted by Crippen LogP contribution is -2.33. The van der Waals surface area contributed by atoms with Gasteiger partial charge < -0.3 is 10.2 Å². The monoisotopic (exact) mass is 453 g/mol. The lowest BCUT2D eigenvalue weighted by molar-refractivity contribution is 0.0947. The van der Waals surface area contributed by atoms with Crippen molar-refractivity contribution in [1.29, 1.82) is 0 Å². The van der Waals surface area contributed by atoms with Gasteiger partial charge in [-0.15, -0.1) is 0 Å². The second kappa shape index (κ2) is 9.32. The molecule has 1 heterocycles. The maximum absolute atomic E-state index is 13.1. The summed E-state index contributed by atoms with van der Waals surface area (Å²) in [6.45, 7) is 6.84. The Morgan fingerprint density at radius 1 is 1.23 bits per heavy atom. The van der Waals surface area contributed by atoms with Crippen LogP contribution in [-0.2, 0) is 10.0 Å². The van der Waals surface area contributed by atoms with E-state index in [4.69, 9.17) is 11.6 Å². The number of hydrogen-bond donors (Lipinski definition) is 2. The third kappa shape index (κ3) is 5.50. The summed E-state index contributed by atoms with van der Waals surface area (Å²) in [5.74, 6) is -0.443. The number of carbonyl (C=O) groups is 1. The van der Waals surface area contributed by atoms with Crippen LogP contribution in [0.4, 0.5) is 10.1 Å². The first-order chi connectivity index (χ1) is 14.2. The Morgan fingerprint density at radius 2 is 1.93 bits per heavy atom. The molecule has 2 N–H and O–H groups in total. The molecular weight excluding hydrogens is 429 g/mol. The molecule has 6 nitrogen and oxygen atoms in total. The topological polar surface area (TPSA) is 78.5 Å². The molecule has 1 atom stereocenters. The van der Waals surface area contributed by atoms with Gasteiger partial charge in [0.25, 0.3) is 15.9 Å². The predicted octanol–water partition coefficient (Wildman–Crippen LogP) is 3.74. The Kier molecular flexibility index (Phi) is 7.00. The van der Waals surface area contributed by atoms with Crippen molar-refractivity contribution in [2.45, 2.75) is 31.2 Å². The SMILES string of the molecule is CC(C)N1CCC(CNC(=O)c2ccc(Cl)c(NS(=O)(=O)c3ccc(F)cc3)c2)C1. The number of amides is 1. The van der Waals surface area contributed by atoms with E-state index in [-0.39, 0.29) is 21.5 Å². The second-order valence-electron chi connectivity index (χ2n) is 7.71. The average molecular weight is 454 g/mol. The molecule has 1 unspecified atom stereocenters. The molecule has 1 fully saturated rings. The standard InChI is InChI=1S/C21H25ClFN3O3S/c1-14(2)26-10-9-15(13-26)12-24-21(27)16-3-8-19(22)20(11-16)25-30(28,29)18-6-4-17(23)5-7-18/h3-8,11,14-15,25H,9-10,12-13H2,1-2H3,(H,24,27). The highest BCUT2D eigenvalue weighted by molar-refractivity contribution is 7.92. The fraction of sp³-hybridized carbons (Fsp3) is 0.381. The van der Waals surface area contributed by atoms with Crippen molar-refractivity contribution < 1.29 is 17.6 Å². The minimum Gasteiger partial charge on any atom is -0.352 e. The van der Waals surface area contributed by atoms with E-state index < -0.39 is 15.8 Å². The van der Waals surface area contributed by atoms with Crippen molar-refractivity contribution in [3.05, 3.63) is 58.9 Å². The summed E-state index contributed by atoms with van der Waals surface area (Å²) in [5, 5.41) is 3.07. The lowest BCUT2D eigenvalue weighted by Gasteiger charge is -2.20. The van der Waals surface area contributed by atoms with Gasteiger partial charge in [0.05, 0.1) is 15.6 Å². The number of carbonyl (C=O) groups excluding carboxylic acids is 1. The van der Waals surface area contributed by atoms with E-state index >= 15 is 0 Å². The van der Waals surface area contributed by atoms with Gasteiger partial charge in [-0.2, -0.15) is 0 Å². The highest BCUT2D eigenvalue weighted by atomic mass is 35.5. The van der Waals surface area contributed by atoms with Gasteiger partial charge in [-0.25, -0.2) is 12.8 Å². The molecular formula is C21H25ClFN3O3S. The number of nitrogens with one attached hydrogen (secondary N) is 2. The lowest BCUT2D eigenvalue weighted by atomic mass is 10.1. The summed E-state index contributed by atoms with van der Waals surface area (Å²) in [4.78, 5) is 14.8. The van der Waals surface area contributed by atoms with Crippen LogP contribution in [0.1, 0.15) is 30.6 Å². The van der Waals surface area contributed by atoms with Gasteiger partial charge in [0.2, 0.25) is 0 Å². The van der Waals surface area contributed by atoms with Gasteiger partial charge in [-0.3, -0.25) is 9.52 Å². The second-order valence-corrected chi connectivity index (χ2v) is 9.80. The molecule has 9 heteroatoms. The fourth-order valence-electron chi connectivity index (χ4n) is 3.40. The molecule has 1 amide bonds. The van der Waals surface area contributed by atoms with Crippen LogP contribution >= 0.6 is 11.6 Å². The molecule has 0 aromatic heterocycles. The van der Waals surface area contributed by atoms with Gasteiger partial charge in [-0.1, -0.05) is 11.6 Å². The molecule has 0 bridgehead atoms. The van der Waals surface area contributed by atoms with E-state index in [1.54, 1.807) is 6.07 Å². The van der Waals surface area contributed by atoms with Crippen molar-refractivity contribution in [3.8, 4) is 0 Å². The predicted molar refractivity (Wildman–Crippen MR) is 116 cm³/mol. The third-order valence-corrected chi connectivity index (χ3v) is 6.91. The van der Waals surface area contributed by atoms with Crippen molar-refractivity contribution in [3.63, 3.8) is 0 Å². The van der Waals surface area contributed by atoms with Crippen molar-refractivity contribution in [1.82, 2.24) is 10.2 Å². The van der Waals surface area contributed by atoms with Crippen LogP contribution in [0.2, 0.25) is 5.02 Å². The molecule has 0 aliphatic carbocycles. The number of halogens is 2. The molecule has 162 valence electrons.